The van der Waals surface area contributed by atoms with Gasteiger partial charge in [-0.25, -0.2) is 0 Å². The van der Waals surface area contributed by atoms with Gasteiger partial charge in [0, 0.05) is 24.4 Å². The molecule has 1 saturated heterocycles. The van der Waals surface area contributed by atoms with E-state index in [0.29, 0.717) is 12.5 Å². The summed E-state index contributed by atoms with van der Waals surface area (Å²) in [6, 6.07) is 9.89. The summed E-state index contributed by atoms with van der Waals surface area (Å²) >= 11 is 0. The highest BCUT2D eigenvalue weighted by molar-refractivity contribution is 5.81. The van der Waals surface area contributed by atoms with E-state index >= 15 is 0 Å². The summed E-state index contributed by atoms with van der Waals surface area (Å²) in [4.78, 5) is 14.3. The molecule has 1 atom stereocenters. The van der Waals surface area contributed by atoms with Crippen molar-refractivity contribution in [2.75, 3.05) is 19.7 Å². The average Bonchev–Trinajstić information content (AvgIpc) is 2.45. The molecule has 1 aliphatic rings. The maximum absolute atomic E-state index is 12.3. The van der Waals surface area contributed by atoms with Gasteiger partial charge >= 0.3 is 0 Å². The van der Waals surface area contributed by atoms with Crippen molar-refractivity contribution >= 4 is 5.91 Å². The second-order valence-electron chi connectivity index (χ2n) is 6.63. The first-order valence-corrected chi connectivity index (χ1v) is 7.44. The smallest absolute Gasteiger partial charge is 0.227 e. The Morgan fingerprint density at radius 3 is 2.65 bits per heavy atom. The van der Waals surface area contributed by atoms with E-state index in [9.17, 15) is 4.79 Å². The van der Waals surface area contributed by atoms with Crippen LogP contribution in [0.15, 0.2) is 30.3 Å². The third-order valence-electron chi connectivity index (χ3n) is 3.68. The average molecular weight is 275 g/mol. The number of amides is 1. The lowest BCUT2D eigenvalue weighted by Crippen LogP contribution is -2.46. The SMILES string of the molecule is CC(C)(C)C(=O)N1CCCC(COc2ccccc2)C1. The van der Waals surface area contributed by atoms with E-state index in [-0.39, 0.29) is 11.3 Å². The van der Waals surface area contributed by atoms with Crippen LogP contribution in [0.3, 0.4) is 0 Å². The zero-order chi connectivity index (χ0) is 14.6. The Labute approximate surface area is 121 Å². The molecule has 0 aliphatic carbocycles. The van der Waals surface area contributed by atoms with Crippen LogP contribution < -0.4 is 4.74 Å². The molecule has 1 amide bonds. The molecule has 1 heterocycles. The minimum absolute atomic E-state index is 0.252. The summed E-state index contributed by atoms with van der Waals surface area (Å²) in [5, 5.41) is 0. The molecular weight excluding hydrogens is 250 g/mol. The molecule has 20 heavy (non-hydrogen) atoms. The molecule has 1 aromatic carbocycles. The van der Waals surface area contributed by atoms with Gasteiger partial charge in [-0.2, -0.15) is 0 Å². The molecule has 3 nitrogen and oxygen atoms in total. The molecule has 110 valence electrons. The Hall–Kier alpha value is -1.51. The lowest BCUT2D eigenvalue weighted by molar-refractivity contribution is -0.141. The van der Waals surface area contributed by atoms with Crippen molar-refractivity contribution in [3.8, 4) is 5.75 Å². The van der Waals surface area contributed by atoms with Crippen molar-refractivity contribution in [1.29, 1.82) is 0 Å². The van der Waals surface area contributed by atoms with Crippen LogP contribution in [0.25, 0.3) is 0 Å². The summed E-state index contributed by atoms with van der Waals surface area (Å²) in [6.45, 7) is 8.36. The van der Waals surface area contributed by atoms with Crippen molar-refractivity contribution in [3.63, 3.8) is 0 Å². The number of carbonyl (C=O) groups excluding carboxylic acids is 1. The van der Waals surface area contributed by atoms with Crippen LogP contribution in [0.4, 0.5) is 0 Å². The number of hydrogen-bond donors (Lipinski definition) is 0. The number of piperidine rings is 1. The summed E-state index contributed by atoms with van der Waals surface area (Å²) in [7, 11) is 0. The Balaban J connectivity index is 1.86. The molecule has 1 aromatic rings. The molecule has 0 radical (unpaired) electrons. The monoisotopic (exact) mass is 275 g/mol. The number of nitrogens with zero attached hydrogens (tertiary/aromatic N) is 1. The van der Waals surface area contributed by atoms with Gasteiger partial charge in [0.05, 0.1) is 6.61 Å². The fourth-order valence-corrected chi connectivity index (χ4v) is 2.59. The Bertz CT molecular complexity index is 436. The minimum Gasteiger partial charge on any atom is -0.493 e. The highest BCUT2D eigenvalue weighted by atomic mass is 16.5. The summed E-state index contributed by atoms with van der Waals surface area (Å²) in [5.41, 5.74) is -0.290. The van der Waals surface area contributed by atoms with Crippen molar-refractivity contribution in [1.82, 2.24) is 4.90 Å². The van der Waals surface area contributed by atoms with E-state index in [0.717, 1.165) is 31.7 Å². The van der Waals surface area contributed by atoms with Crippen molar-refractivity contribution in [2.45, 2.75) is 33.6 Å². The first kappa shape index (κ1) is 14.9. The van der Waals surface area contributed by atoms with Crippen LogP contribution in [0.2, 0.25) is 0 Å². The second-order valence-corrected chi connectivity index (χ2v) is 6.63. The first-order chi connectivity index (χ1) is 9.47. The predicted molar refractivity (Wildman–Crippen MR) is 80.7 cm³/mol. The topological polar surface area (TPSA) is 29.5 Å². The highest BCUT2D eigenvalue weighted by Gasteiger charge is 2.31. The maximum Gasteiger partial charge on any atom is 0.227 e. The maximum atomic E-state index is 12.3. The highest BCUT2D eigenvalue weighted by Crippen LogP contribution is 2.24. The standard InChI is InChI=1S/C17H25NO2/c1-17(2,3)16(19)18-11-7-8-14(12-18)13-20-15-9-5-4-6-10-15/h4-6,9-10,14H,7-8,11-13H2,1-3H3. The van der Waals surface area contributed by atoms with Gasteiger partial charge in [0.15, 0.2) is 0 Å². The van der Waals surface area contributed by atoms with Gasteiger partial charge in [0.25, 0.3) is 0 Å². The summed E-state index contributed by atoms with van der Waals surface area (Å²) < 4.78 is 5.82. The number of likely N-dealkylation sites (tertiary alicyclic amines) is 1. The number of hydrogen-bond acceptors (Lipinski definition) is 2. The third kappa shape index (κ3) is 3.99. The Morgan fingerprint density at radius 1 is 1.30 bits per heavy atom. The van der Waals surface area contributed by atoms with Crippen LogP contribution >= 0.6 is 0 Å². The lowest BCUT2D eigenvalue weighted by Gasteiger charge is -2.36. The van der Waals surface area contributed by atoms with Crippen LogP contribution in [-0.2, 0) is 4.79 Å². The first-order valence-electron chi connectivity index (χ1n) is 7.44. The number of para-hydroxylation sites is 1. The minimum atomic E-state index is -0.290. The van der Waals surface area contributed by atoms with Crippen molar-refractivity contribution in [3.05, 3.63) is 30.3 Å². The Kier molecular flexibility index (Phi) is 4.69. The van der Waals surface area contributed by atoms with Gasteiger partial charge < -0.3 is 9.64 Å². The molecule has 1 fully saturated rings. The van der Waals surface area contributed by atoms with Gasteiger partial charge in [0.2, 0.25) is 5.91 Å². The molecule has 0 spiro atoms. The molecular formula is C17H25NO2. The molecule has 1 unspecified atom stereocenters. The van der Waals surface area contributed by atoms with Gasteiger partial charge in [-0.3, -0.25) is 4.79 Å². The van der Waals surface area contributed by atoms with Gasteiger partial charge in [-0.1, -0.05) is 39.0 Å². The summed E-state index contributed by atoms with van der Waals surface area (Å²) in [5.74, 6) is 1.60. The molecule has 1 aliphatic heterocycles. The zero-order valence-corrected chi connectivity index (χ0v) is 12.8. The molecule has 0 N–H and O–H groups in total. The van der Waals surface area contributed by atoms with E-state index in [2.05, 4.69) is 0 Å². The van der Waals surface area contributed by atoms with E-state index in [4.69, 9.17) is 4.74 Å². The normalized spacial score (nSPS) is 19.8. The van der Waals surface area contributed by atoms with Crippen LogP contribution in [0.5, 0.6) is 5.75 Å². The largest absolute Gasteiger partial charge is 0.493 e. The van der Waals surface area contributed by atoms with E-state index in [1.165, 1.54) is 0 Å². The van der Waals surface area contributed by atoms with Gasteiger partial charge in [-0.15, -0.1) is 0 Å². The van der Waals surface area contributed by atoms with Crippen LogP contribution in [0, 0.1) is 11.3 Å². The Morgan fingerprint density at radius 2 is 2.00 bits per heavy atom. The molecule has 0 aromatic heterocycles. The molecule has 0 bridgehead atoms. The van der Waals surface area contributed by atoms with E-state index < -0.39 is 0 Å². The number of benzene rings is 1. The molecule has 2 rings (SSSR count). The van der Waals surface area contributed by atoms with Gasteiger partial charge in [0.1, 0.15) is 5.75 Å². The van der Waals surface area contributed by atoms with E-state index in [1.54, 1.807) is 0 Å². The summed E-state index contributed by atoms with van der Waals surface area (Å²) in [6.07, 6.45) is 2.21. The predicted octanol–water partition coefficient (Wildman–Crippen LogP) is 3.35. The van der Waals surface area contributed by atoms with Crippen molar-refractivity contribution < 1.29 is 9.53 Å². The van der Waals surface area contributed by atoms with Crippen LogP contribution in [0.1, 0.15) is 33.6 Å². The lowest BCUT2D eigenvalue weighted by atomic mass is 9.91. The fraction of sp³-hybridized carbons (Fsp3) is 0.588. The second kappa shape index (κ2) is 6.29. The molecule has 0 saturated carbocycles. The van der Waals surface area contributed by atoms with Crippen LogP contribution in [-0.4, -0.2) is 30.5 Å². The zero-order valence-electron chi connectivity index (χ0n) is 12.8. The number of carbonyl (C=O) groups is 1. The fourth-order valence-electron chi connectivity index (χ4n) is 2.59. The number of ether oxygens (including phenoxy) is 1. The van der Waals surface area contributed by atoms with Gasteiger partial charge in [-0.05, 0) is 25.0 Å². The van der Waals surface area contributed by atoms with Crippen molar-refractivity contribution in [2.24, 2.45) is 11.3 Å². The third-order valence-corrected chi connectivity index (χ3v) is 3.68. The van der Waals surface area contributed by atoms with E-state index in [1.807, 2.05) is 56.0 Å². The number of rotatable bonds is 3. The quantitative estimate of drug-likeness (QED) is 0.846. The molecule has 3 heteroatoms.